The monoisotopic (exact) mass is 391 g/mol. The lowest BCUT2D eigenvalue weighted by Crippen LogP contribution is -2.58. The molecule has 2 aliphatic heterocycles. The Kier molecular flexibility index (Phi) is 6.11. The van der Waals surface area contributed by atoms with E-state index in [-0.39, 0.29) is 23.7 Å². The molecule has 2 heterocycles. The molecule has 27 heavy (non-hydrogen) atoms. The zero-order chi connectivity index (χ0) is 18.1. The molecule has 2 N–H and O–H groups in total. The zero-order valence-corrected chi connectivity index (χ0v) is 16.6. The molecule has 148 valence electrons. The van der Waals surface area contributed by atoms with Crippen molar-refractivity contribution in [3.8, 4) is 0 Å². The van der Waals surface area contributed by atoms with Crippen LogP contribution >= 0.6 is 12.4 Å². The first kappa shape index (κ1) is 20.2. The average Bonchev–Trinajstić information content (AvgIpc) is 3.49. The summed E-state index contributed by atoms with van der Waals surface area (Å²) in [6.07, 6.45) is 5.19. The fraction of sp³-hybridized carbons (Fsp3) is 0.619. The lowest BCUT2D eigenvalue weighted by molar-refractivity contribution is -0.145. The van der Waals surface area contributed by atoms with Crippen LogP contribution in [0.2, 0.25) is 0 Å². The largest absolute Gasteiger partial charge is 0.341 e. The predicted molar refractivity (Wildman–Crippen MR) is 108 cm³/mol. The van der Waals surface area contributed by atoms with E-state index in [0.29, 0.717) is 30.8 Å². The van der Waals surface area contributed by atoms with Gasteiger partial charge in [0.15, 0.2) is 0 Å². The summed E-state index contributed by atoms with van der Waals surface area (Å²) < 4.78 is 0. The number of halogens is 1. The number of amides is 2. The Labute approximate surface area is 167 Å². The highest BCUT2D eigenvalue weighted by atomic mass is 35.5. The standard InChI is InChI=1S/C21H29N3O2.ClH/c22-12-4-13-24-18-9-14-23(15-16(18)7-8-19(24)25)20(26)21(10-11-21)17-5-2-1-3-6-17;/h1-3,5-6,16,18H,4,7-15,22H2;1H/t16-,18+;/m0./s1. The van der Waals surface area contributed by atoms with E-state index in [2.05, 4.69) is 17.0 Å². The molecule has 2 saturated heterocycles. The third-order valence-corrected chi connectivity index (χ3v) is 6.52. The molecule has 1 aliphatic carbocycles. The summed E-state index contributed by atoms with van der Waals surface area (Å²) in [6.45, 7) is 2.94. The molecule has 0 aromatic heterocycles. The Hall–Kier alpha value is -1.59. The first-order valence-electron chi connectivity index (χ1n) is 10.0. The minimum atomic E-state index is -0.280. The SMILES string of the molecule is Cl.NCCCN1C(=O)CC[C@H]2CN(C(=O)C3(c4ccccc4)CC3)CC[C@H]21. The molecule has 1 saturated carbocycles. The van der Waals surface area contributed by atoms with Gasteiger partial charge >= 0.3 is 0 Å². The van der Waals surface area contributed by atoms with Crippen molar-refractivity contribution in [3.05, 3.63) is 35.9 Å². The van der Waals surface area contributed by atoms with Crippen molar-refractivity contribution in [1.29, 1.82) is 0 Å². The van der Waals surface area contributed by atoms with Crippen LogP contribution < -0.4 is 5.73 Å². The van der Waals surface area contributed by atoms with Crippen molar-refractivity contribution in [2.45, 2.75) is 50.0 Å². The molecule has 2 amide bonds. The molecular weight excluding hydrogens is 362 g/mol. The highest BCUT2D eigenvalue weighted by Gasteiger charge is 2.54. The van der Waals surface area contributed by atoms with Crippen molar-refractivity contribution in [1.82, 2.24) is 9.80 Å². The number of nitrogens with zero attached hydrogens (tertiary/aromatic N) is 2. The average molecular weight is 392 g/mol. The molecule has 1 aromatic rings. The Bertz CT molecular complexity index is 677. The minimum absolute atomic E-state index is 0. The van der Waals surface area contributed by atoms with Gasteiger partial charge < -0.3 is 15.5 Å². The van der Waals surface area contributed by atoms with Crippen LogP contribution in [0.1, 0.15) is 44.1 Å². The first-order chi connectivity index (χ1) is 12.7. The van der Waals surface area contributed by atoms with Gasteiger partial charge in [0, 0.05) is 32.1 Å². The van der Waals surface area contributed by atoms with Crippen molar-refractivity contribution >= 4 is 24.2 Å². The van der Waals surface area contributed by atoms with Crippen molar-refractivity contribution < 1.29 is 9.59 Å². The summed E-state index contributed by atoms with van der Waals surface area (Å²) in [5.74, 6) is 0.977. The third kappa shape index (κ3) is 3.72. The van der Waals surface area contributed by atoms with Gasteiger partial charge in [-0.3, -0.25) is 9.59 Å². The van der Waals surface area contributed by atoms with Crippen LogP contribution in [0, 0.1) is 5.92 Å². The maximum atomic E-state index is 13.3. The predicted octanol–water partition coefficient (Wildman–Crippen LogP) is 2.33. The number of fused-ring (bicyclic) bond motifs is 1. The van der Waals surface area contributed by atoms with Gasteiger partial charge in [-0.1, -0.05) is 30.3 Å². The number of piperidine rings is 2. The summed E-state index contributed by atoms with van der Waals surface area (Å²) in [5, 5.41) is 0. The Morgan fingerprint density at radius 2 is 1.93 bits per heavy atom. The van der Waals surface area contributed by atoms with Crippen LogP contribution in [0.3, 0.4) is 0 Å². The van der Waals surface area contributed by atoms with E-state index in [1.165, 1.54) is 0 Å². The number of rotatable bonds is 5. The van der Waals surface area contributed by atoms with E-state index in [0.717, 1.165) is 57.3 Å². The molecule has 1 aromatic carbocycles. The van der Waals surface area contributed by atoms with Gasteiger partial charge in [-0.25, -0.2) is 0 Å². The van der Waals surface area contributed by atoms with Crippen molar-refractivity contribution in [2.24, 2.45) is 11.7 Å². The lowest BCUT2D eigenvalue weighted by atomic mass is 9.82. The molecule has 0 radical (unpaired) electrons. The van der Waals surface area contributed by atoms with Gasteiger partial charge in [0.05, 0.1) is 5.41 Å². The molecule has 5 nitrogen and oxygen atoms in total. The second kappa shape index (κ2) is 8.19. The van der Waals surface area contributed by atoms with E-state index in [9.17, 15) is 9.59 Å². The smallest absolute Gasteiger partial charge is 0.233 e. The van der Waals surface area contributed by atoms with Crippen LogP contribution in [-0.2, 0) is 15.0 Å². The maximum absolute atomic E-state index is 13.3. The van der Waals surface area contributed by atoms with Crippen LogP contribution in [0.15, 0.2) is 30.3 Å². The topological polar surface area (TPSA) is 66.6 Å². The summed E-state index contributed by atoms with van der Waals surface area (Å²) in [4.78, 5) is 29.8. The molecule has 3 fully saturated rings. The van der Waals surface area contributed by atoms with Crippen LogP contribution in [0.5, 0.6) is 0 Å². The molecule has 0 unspecified atom stereocenters. The zero-order valence-electron chi connectivity index (χ0n) is 15.8. The summed E-state index contributed by atoms with van der Waals surface area (Å²) in [5.41, 5.74) is 6.52. The van der Waals surface area contributed by atoms with Gasteiger partial charge in [-0.15, -0.1) is 12.4 Å². The van der Waals surface area contributed by atoms with Crippen LogP contribution in [0.4, 0.5) is 0 Å². The Morgan fingerprint density at radius 3 is 2.59 bits per heavy atom. The second-order valence-electron chi connectivity index (χ2n) is 8.08. The van der Waals surface area contributed by atoms with E-state index in [4.69, 9.17) is 5.73 Å². The Balaban J connectivity index is 0.00000210. The van der Waals surface area contributed by atoms with Gasteiger partial charge in [0.1, 0.15) is 0 Å². The van der Waals surface area contributed by atoms with Gasteiger partial charge in [0.25, 0.3) is 0 Å². The van der Waals surface area contributed by atoms with E-state index in [1.54, 1.807) is 0 Å². The van der Waals surface area contributed by atoms with E-state index < -0.39 is 0 Å². The fourth-order valence-corrected chi connectivity index (χ4v) is 4.90. The quantitative estimate of drug-likeness (QED) is 0.837. The van der Waals surface area contributed by atoms with E-state index >= 15 is 0 Å². The van der Waals surface area contributed by atoms with E-state index in [1.807, 2.05) is 23.1 Å². The van der Waals surface area contributed by atoms with Crippen LogP contribution in [0.25, 0.3) is 0 Å². The fourth-order valence-electron chi connectivity index (χ4n) is 4.90. The summed E-state index contributed by atoms with van der Waals surface area (Å²) in [7, 11) is 0. The van der Waals surface area contributed by atoms with Gasteiger partial charge in [0.2, 0.25) is 11.8 Å². The minimum Gasteiger partial charge on any atom is -0.341 e. The van der Waals surface area contributed by atoms with Gasteiger partial charge in [-0.05, 0) is 50.1 Å². The molecular formula is C21H30ClN3O2. The van der Waals surface area contributed by atoms with Crippen molar-refractivity contribution in [3.63, 3.8) is 0 Å². The van der Waals surface area contributed by atoms with Crippen LogP contribution in [-0.4, -0.2) is 53.8 Å². The molecule has 4 rings (SSSR count). The molecule has 0 spiro atoms. The number of carbonyl (C=O) groups excluding carboxylic acids is 2. The molecule has 2 atom stereocenters. The maximum Gasteiger partial charge on any atom is 0.233 e. The Morgan fingerprint density at radius 1 is 1.19 bits per heavy atom. The lowest BCUT2D eigenvalue weighted by Gasteiger charge is -2.47. The molecule has 0 bridgehead atoms. The highest BCUT2D eigenvalue weighted by molar-refractivity contribution is 5.91. The second-order valence-corrected chi connectivity index (χ2v) is 8.08. The number of carbonyl (C=O) groups is 2. The van der Waals surface area contributed by atoms with Crippen molar-refractivity contribution in [2.75, 3.05) is 26.2 Å². The van der Waals surface area contributed by atoms with Gasteiger partial charge in [-0.2, -0.15) is 0 Å². The summed E-state index contributed by atoms with van der Waals surface area (Å²) in [6, 6.07) is 10.5. The third-order valence-electron chi connectivity index (χ3n) is 6.52. The number of likely N-dealkylation sites (tertiary alicyclic amines) is 2. The number of benzene rings is 1. The number of hydrogen-bond donors (Lipinski definition) is 1. The molecule has 3 aliphatic rings. The highest BCUT2D eigenvalue weighted by Crippen LogP contribution is 2.50. The normalized spacial score (nSPS) is 26.2. The number of hydrogen-bond acceptors (Lipinski definition) is 3. The summed E-state index contributed by atoms with van der Waals surface area (Å²) >= 11 is 0. The molecule has 6 heteroatoms. The first-order valence-corrected chi connectivity index (χ1v) is 10.0. The number of nitrogens with two attached hydrogens (primary N) is 1.